The quantitative estimate of drug-likeness (QED) is 0.419. The highest BCUT2D eigenvalue weighted by molar-refractivity contribution is 6.36. The van der Waals surface area contributed by atoms with E-state index >= 15 is 0 Å². The standard InChI is InChI=1S/C5H8B2O7/c8-6-10-1-2-3(12-6)4-5(11-2)14-7(9)13-4/h2-5,8-9H,1H2/t2-,3+,4-,5-/m1/s1. The van der Waals surface area contributed by atoms with Gasteiger partial charge in [-0.25, -0.2) is 0 Å². The van der Waals surface area contributed by atoms with Gasteiger partial charge < -0.3 is 33.4 Å². The number of fused-ring (bicyclic) bond motifs is 3. The normalized spacial score (nSPS) is 46.7. The summed E-state index contributed by atoms with van der Waals surface area (Å²) < 4.78 is 25.1. The highest BCUT2D eigenvalue weighted by Gasteiger charge is 2.57. The average molecular weight is 202 g/mol. The Labute approximate surface area is 80.2 Å². The molecule has 0 saturated carbocycles. The summed E-state index contributed by atoms with van der Waals surface area (Å²) in [5.74, 6) is 0. The summed E-state index contributed by atoms with van der Waals surface area (Å²) in [6.45, 7) is 0.224. The van der Waals surface area contributed by atoms with Gasteiger partial charge in [0.1, 0.15) is 18.3 Å². The molecule has 4 atom stereocenters. The lowest BCUT2D eigenvalue weighted by atomic mass is 10.0. The van der Waals surface area contributed by atoms with Gasteiger partial charge in [-0.3, -0.25) is 0 Å². The molecule has 76 valence electrons. The van der Waals surface area contributed by atoms with Crippen LogP contribution in [0.4, 0.5) is 0 Å². The topological polar surface area (TPSA) is 86.6 Å². The molecule has 3 saturated heterocycles. The molecule has 3 heterocycles. The molecule has 3 aliphatic heterocycles. The van der Waals surface area contributed by atoms with Crippen LogP contribution in [0.2, 0.25) is 0 Å². The predicted octanol–water partition coefficient (Wildman–Crippen LogP) is -2.50. The summed E-state index contributed by atoms with van der Waals surface area (Å²) in [7, 11) is -2.55. The van der Waals surface area contributed by atoms with E-state index < -0.39 is 33.1 Å². The molecule has 0 aliphatic carbocycles. The zero-order valence-corrected chi connectivity index (χ0v) is 7.11. The molecule has 0 spiro atoms. The molecule has 2 N–H and O–H groups in total. The average Bonchev–Trinajstić information content (AvgIpc) is 2.62. The molecule has 7 nitrogen and oxygen atoms in total. The maximum Gasteiger partial charge on any atom is 0.639 e. The maximum atomic E-state index is 9.08. The summed E-state index contributed by atoms with van der Waals surface area (Å²) in [5.41, 5.74) is 0. The van der Waals surface area contributed by atoms with Crippen molar-refractivity contribution in [2.75, 3.05) is 6.61 Å². The van der Waals surface area contributed by atoms with Crippen LogP contribution in [0, 0.1) is 0 Å². The van der Waals surface area contributed by atoms with E-state index in [1.54, 1.807) is 0 Å². The SMILES string of the molecule is OB1OC[C@H]2O[C@@H]3OB(O)O[C@@H]3[C@H]2O1. The van der Waals surface area contributed by atoms with Crippen molar-refractivity contribution in [1.29, 1.82) is 0 Å². The Morgan fingerprint density at radius 2 is 1.79 bits per heavy atom. The van der Waals surface area contributed by atoms with Gasteiger partial charge in [-0.2, -0.15) is 0 Å². The van der Waals surface area contributed by atoms with Crippen molar-refractivity contribution in [3.05, 3.63) is 0 Å². The number of rotatable bonds is 0. The highest BCUT2D eigenvalue weighted by Crippen LogP contribution is 2.34. The van der Waals surface area contributed by atoms with Crippen LogP contribution in [-0.4, -0.2) is 55.9 Å². The number of hydrogen-bond acceptors (Lipinski definition) is 7. The molecule has 0 radical (unpaired) electrons. The van der Waals surface area contributed by atoms with Gasteiger partial charge in [0.15, 0.2) is 6.29 Å². The van der Waals surface area contributed by atoms with E-state index in [-0.39, 0.29) is 12.7 Å². The Bertz CT molecular complexity index is 240. The van der Waals surface area contributed by atoms with Crippen molar-refractivity contribution < 1.29 is 33.4 Å². The molecule has 0 aromatic carbocycles. The fraction of sp³-hybridized carbons (Fsp3) is 1.00. The van der Waals surface area contributed by atoms with Crippen molar-refractivity contribution in [2.45, 2.75) is 24.6 Å². The van der Waals surface area contributed by atoms with Gasteiger partial charge >= 0.3 is 14.6 Å². The molecule has 9 heteroatoms. The Hall–Kier alpha value is -0.150. The second-order valence-electron chi connectivity index (χ2n) is 3.33. The lowest BCUT2D eigenvalue weighted by Gasteiger charge is -2.28. The molecular formula is C5H8B2O7. The van der Waals surface area contributed by atoms with Gasteiger partial charge in [0.2, 0.25) is 0 Å². The monoisotopic (exact) mass is 202 g/mol. The molecule has 3 fully saturated rings. The first-order valence-electron chi connectivity index (χ1n) is 4.33. The smallest absolute Gasteiger partial charge is 0.402 e. The second kappa shape index (κ2) is 3.17. The van der Waals surface area contributed by atoms with Crippen molar-refractivity contribution in [2.24, 2.45) is 0 Å². The summed E-state index contributed by atoms with van der Waals surface area (Å²) in [5, 5.41) is 18.1. The van der Waals surface area contributed by atoms with Gasteiger partial charge in [-0.15, -0.1) is 0 Å². The summed E-state index contributed by atoms with van der Waals surface area (Å²) in [6, 6.07) is 0. The minimum atomic E-state index is -1.28. The molecule has 0 unspecified atom stereocenters. The molecule has 3 rings (SSSR count). The van der Waals surface area contributed by atoms with Gasteiger partial charge in [-0.05, 0) is 0 Å². The zero-order valence-electron chi connectivity index (χ0n) is 7.11. The minimum absolute atomic E-state index is 0.224. The van der Waals surface area contributed by atoms with E-state index in [9.17, 15) is 0 Å². The maximum absolute atomic E-state index is 9.08. The molecule has 14 heavy (non-hydrogen) atoms. The van der Waals surface area contributed by atoms with Crippen molar-refractivity contribution in [1.82, 2.24) is 0 Å². The molecular weight excluding hydrogens is 194 g/mol. The van der Waals surface area contributed by atoms with Crippen LogP contribution < -0.4 is 0 Å². The molecule has 0 amide bonds. The van der Waals surface area contributed by atoms with Gasteiger partial charge in [0.25, 0.3) is 0 Å². The van der Waals surface area contributed by atoms with E-state index in [4.69, 9.17) is 33.4 Å². The Kier molecular flexibility index (Phi) is 2.06. The molecule has 0 bridgehead atoms. The summed E-state index contributed by atoms with van der Waals surface area (Å²) in [6.07, 6.45) is -1.93. The van der Waals surface area contributed by atoms with Crippen LogP contribution in [-0.2, 0) is 23.4 Å². The largest absolute Gasteiger partial charge is 0.639 e. The fourth-order valence-corrected chi connectivity index (χ4v) is 1.88. The van der Waals surface area contributed by atoms with Gasteiger partial charge in [-0.1, -0.05) is 0 Å². The first-order chi connectivity index (χ1) is 6.74. The molecule has 3 aliphatic rings. The Morgan fingerprint density at radius 3 is 2.64 bits per heavy atom. The van der Waals surface area contributed by atoms with E-state index in [1.807, 2.05) is 0 Å². The van der Waals surface area contributed by atoms with Crippen LogP contribution in [0.5, 0.6) is 0 Å². The van der Waals surface area contributed by atoms with Crippen LogP contribution in [0.25, 0.3) is 0 Å². The predicted molar refractivity (Wildman–Crippen MR) is 41.4 cm³/mol. The Balaban J connectivity index is 1.75. The van der Waals surface area contributed by atoms with E-state index in [2.05, 4.69) is 0 Å². The van der Waals surface area contributed by atoms with Gasteiger partial charge in [0, 0.05) is 0 Å². The third-order valence-corrected chi connectivity index (χ3v) is 2.47. The molecule has 0 aromatic heterocycles. The van der Waals surface area contributed by atoms with Crippen molar-refractivity contribution >= 4 is 14.6 Å². The van der Waals surface area contributed by atoms with E-state index in [1.165, 1.54) is 0 Å². The first kappa shape index (κ1) is 9.10. The van der Waals surface area contributed by atoms with Crippen LogP contribution >= 0.6 is 0 Å². The van der Waals surface area contributed by atoms with E-state index in [0.29, 0.717) is 0 Å². The fourth-order valence-electron chi connectivity index (χ4n) is 1.88. The summed E-state index contributed by atoms with van der Waals surface area (Å²) in [4.78, 5) is 0. The minimum Gasteiger partial charge on any atom is -0.402 e. The van der Waals surface area contributed by atoms with Crippen LogP contribution in [0.15, 0.2) is 0 Å². The lowest BCUT2D eigenvalue weighted by molar-refractivity contribution is -0.112. The lowest BCUT2D eigenvalue weighted by Crippen LogP contribution is -2.48. The first-order valence-corrected chi connectivity index (χ1v) is 4.33. The van der Waals surface area contributed by atoms with E-state index in [0.717, 1.165) is 0 Å². The summed E-state index contributed by atoms with van der Waals surface area (Å²) >= 11 is 0. The van der Waals surface area contributed by atoms with Crippen LogP contribution in [0.1, 0.15) is 0 Å². The van der Waals surface area contributed by atoms with Gasteiger partial charge in [0.05, 0.1) is 6.61 Å². The Morgan fingerprint density at radius 1 is 1.00 bits per heavy atom. The third kappa shape index (κ3) is 1.29. The zero-order chi connectivity index (χ0) is 9.71. The highest BCUT2D eigenvalue weighted by atomic mass is 16.8. The second-order valence-corrected chi connectivity index (χ2v) is 3.33. The number of hydrogen-bond donors (Lipinski definition) is 2. The number of ether oxygens (including phenoxy) is 1. The van der Waals surface area contributed by atoms with Crippen LogP contribution in [0.3, 0.4) is 0 Å². The van der Waals surface area contributed by atoms with Crippen molar-refractivity contribution in [3.63, 3.8) is 0 Å². The third-order valence-electron chi connectivity index (χ3n) is 2.47. The van der Waals surface area contributed by atoms with Crippen molar-refractivity contribution in [3.8, 4) is 0 Å². The molecule has 0 aromatic rings.